The molecule has 3 aromatic carbocycles. The molecule has 0 aromatic heterocycles. The molecule has 0 saturated carbocycles. The SMILES string of the molecule is Cc1ccc(OCc2ccccc2)cc1CNc1ccc(CC(=O)O)cc1Cl. The third-order valence-electron chi connectivity index (χ3n) is 4.43. The second-order valence-electron chi connectivity index (χ2n) is 6.60. The fourth-order valence-corrected chi connectivity index (χ4v) is 3.12. The summed E-state index contributed by atoms with van der Waals surface area (Å²) in [6.45, 7) is 3.16. The molecule has 0 radical (unpaired) electrons. The van der Waals surface area contributed by atoms with Crippen LogP contribution in [0.1, 0.15) is 22.3 Å². The molecule has 4 nitrogen and oxygen atoms in total. The minimum Gasteiger partial charge on any atom is -0.489 e. The highest BCUT2D eigenvalue weighted by Crippen LogP contribution is 2.25. The predicted molar refractivity (Wildman–Crippen MR) is 112 cm³/mol. The zero-order chi connectivity index (χ0) is 19.9. The van der Waals surface area contributed by atoms with Crippen molar-refractivity contribution in [2.24, 2.45) is 0 Å². The molecule has 5 heteroatoms. The molecule has 3 aromatic rings. The minimum atomic E-state index is -0.875. The lowest BCUT2D eigenvalue weighted by molar-refractivity contribution is -0.136. The number of hydrogen-bond donors (Lipinski definition) is 2. The Balaban J connectivity index is 1.64. The van der Waals surface area contributed by atoms with E-state index >= 15 is 0 Å². The quantitative estimate of drug-likeness (QED) is 0.531. The molecule has 144 valence electrons. The number of ether oxygens (including phenoxy) is 1. The number of halogens is 1. The van der Waals surface area contributed by atoms with Crippen molar-refractivity contribution in [3.63, 3.8) is 0 Å². The summed E-state index contributed by atoms with van der Waals surface area (Å²) in [6, 6.07) is 21.3. The molecule has 0 aliphatic heterocycles. The number of aryl methyl sites for hydroxylation is 1. The van der Waals surface area contributed by atoms with E-state index in [4.69, 9.17) is 21.4 Å². The maximum atomic E-state index is 10.8. The van der Waals surface area contributed by atoms with Gasteiger partial charge in [-0.05, 0) is 53.4 Å². The molecule has 0 aliphatic carbocycles. The van der Waals surface area contributed by atoms with E-state index in [9.17, 15) is 4.79 Å². The van der Waals surface area contributed by atoms with Gasteiger partial charge in [-0.3, -0.25) is 4.79 Å². The van der Waals surface area contributed by atoms with E-state index in [-0.39, 0.29) is 6.42 Å². The van der Waals surface area contributed by atoms with Gasteiger partial charge < -0.3 is 15.2 Å². The van der Waals surface area contributed by atoms with Crippen LogP contribution in [0.3, 0.4) is 0 Å². The van der Waals surface area contributed by atoms with E-state index in [0.29, 0.717) is 23.7 Å². The van der Waals surface area contributed by atoms with Gasteiger partial charge in [0.15, 0.2) is 0 Å². The van der Waals surface area contributed by atoms with E-state index in [2.05, 4.69) is 12.2 Å². The number of nitrogens with one attached hydrogen (secondary N) is 1. The largest absolute Gasteiger partial charge is 0.489 e. The normalized spacial score (nSPS) is 10.5. The van der Waals surface area contributed by atoms with Crippen LogP contribution in [-0.2, 0) is 24.4 Å². The fraction of sp³-hybridized carbons (Fsp3) is 0.174. The first kappa shape index (κ1) is 19.8. The average molecular weight is 396 g/mol. The number of benzene rings is 3. The van der Waals surface area contributed by atoms with Crippen LogP contribution in [0.25, 0.3) is 0 Å². The van der Waals surface area contributed by atoms with Crippen molar-refractivity contribution in [2.75, 3.05) is 5.32 Å². The Labute approximate surface area is 169 Å². The molecule has 28 heavy (non-hydrogen) atoms. The summed E-state index contributed by atoms with van der Waals surface area (Å²) >= 11 is 6.29. The van der Waals surface area contributed by atoms with Crippen LogP contribution in [0.4, 0.5) is 5.69 Å². The van der Waals surface area contributed by atoms with Crippen LogP contribution in [0.5, 0.6) is 5.75 Å². The molecule has 0 saturated heterocycles. The summed E-state index contributed by atoms with van der Waals surface area (Å²) in [5.41, 5.74) is 4.83. The van der Waals surface area contributed by atoms with Gasteiger partial charge in [-0.15, -0.1) is 0 Å². The second-order valence-corrected chi connectivity index (χ2v) is 7.01. The monoisotopic (exact) mass is 395 g/mol. The zero-order valence-electron chi connectivity index (χ0n) is 15.6. The molecule has 2 N–H and O–H groups in total. The number of carboxylic acid groups (broad SMARTS) is 1. The van der Waals surface area contributed by atoms with E-state index < -0.39 is 5.97 Å². The van der Waals surface area contributed by atoms with Gasteiger partial charge in [0, 0.05) is 6.54 Å². The van der Waals surface area contributed by atoms with Gasteiger partial charge in [0.25, 0.3) is 0 Å². The molecule has 0 spiro atoms. The van der Waals surface area contributed by atoms with Crippen molar-refractivity contribution < 1.29 is 14.6 Å². The molecule has 0 unspecified atom stereocenters. The molecule has 0 aliphatic rings. The van der Waals surface area contributed by atoms with Crippen molar-refractivity contribution in [2.45, 2.75) is 26.5 Å². The van der Waals surface area contributed by atoms with Crippen LogP contribution in [0.2, 0.25) is 5.02 Å². The van der Waals surface area contributed by atoms with Crippen LogP contribution >= 0.6 is 11.6 Å². The Morgan fingerprint density at radius 2 is 1.82 bits per heavy atom. The smallest absolute Gasteiger partial charge is 0.307 e. The maximum Gasteiger partial charge on any atom is 0.307 e. The molecule has 3 rings (SSSR count). The Bertz CT molecular complexity index is 957. The fourth-order valence-electron chi connectivity index (χ4n) is 2.85. The van der Waals surface area contributed by atoms with Gasteiger partial charge in [0.1, 0.15) is 12.4 Å². The Kier molecular flexibility index (Phi) is 6.56. The summed E-state index contributed by atoms with van der Waals surface area (Å²) < 4.78 is 5.91. The lowest BCUT2D eigenvalue weighted by atomic mass is 10.1. The number of carboxylic acids is 1. The summed E-state index contributed by atoms with van der Waals surface area (Å²) in [4.78, 5) is 10.8. The predicted octanol–water partition coefficient (Wildman–Crippen LogP) is 5.47. The first-order valence-electron chi connectivity index (χ1n) is 9.01. The van der Waals surface area contributed by atoms with Crippen molar-refractivity contribution in [3.8, 4) is 5.75 Å². The summed E-state index contributed by atoms with van der Waals surface area (Å²) in [6.07, 6.45) is -0.0418. The van der Waals surface area contributed by atoms with Crippen LogP contribution in [0.15, 0.2) is 66.7 Å². The molecule has 0 atom stereocenters. The topological polar surface area (TPSA) is 58.6 Å². The molecule has 0 amide bonds. The molecular weight excluding hydrogens is 374 g/mol. The second kappa shape index (κ2) is 9.29. The summed E-state index contributed by atoms with van der Waals surface area (Å²) in [7, 11) is 0. The average Bonchev–Trinajstić information content (AvgIpc) is 2.68. The van der Waals surface area contributed by atoms with Gasteiger partial charge in [-0.1, -0.05) is 54.1 Å². The number of aliphatic carboxylic acids is 1. The summed E-state index contributed by atoms with van der Waals surface area (Å²) in [5, 5.41) is 12.7. The standard InChI is InChI=1S/C23H22ClNO3/c1-16-7-9-20(28-15-17-5-3-2-4-6-17)13-19(16)14-25-22-10-8-18(11-21(22)24)12-23(26)27/h2-11,13,25H,12,14-15H2,1H3,(H,26,27). The highest BCUT2D eigenvalue weighted by atomic mass is 35.5. The zero-order valence-corrected chi connectivity index (χ0v) is 16.4. The van der Waals surface area contributed by atoms with E-state index in [1.54, 1.807) is 12.1 Å². The van der Waals surface area contributed by atoms with Crippen molar-refractivity contribution in [1.82, 2.24) is 0 Å². The molecule has 0 heterocycles. The van der Waals surface area contributed by atoms with Crippen LogP contribution in [0, 0.1) is 6.92 Å². The van der Waals surface area contributed by atoms with E-state index in [1.807, 2.05) is 54.6 Å². The van der Waals surface area contributed by atoms with Gasteiger partial charge in [0.2, 0.25) is 0 Å². The highest BCUT2D eigenvalue weighted by Gasteiger charge is 2.07. The molecule has 0 bridgehead atoms. The third-order valence-corrected chi connectivity index (χ3v) is 4.74. The van der Waals surface area contributed by atoms with Crippen molar-refractivity contribution >= 4 is 23.3 Å². The lowest BCUT2D eigenvalue weighted by Gasteiger charge is -2.13. The number of hydrogen-bond acceptors (Lipinski definition) is 3. The van der Waals surface area contributed by atoms with Crippen molar-refractivity contribution in [1.29, 1.82) is 0 Å². The number of rotatable bonds is 8. The van der Waals surface area contributed by atoms with Crippen LogP contribution in [-0.4, -0.2) is 11.1 Å². The minimum absolute atomic E-state index is 0.0418. The summed E-state index contributed by atoms with van der Waals surface area (Å²) in [5.74, 6) is -0.0612. The first-order chi connectivity index (χ1) is 13.5. The molecule has 0 fully saturated rings. The third kappa shape index (κ3) is 5.51. The van der Waals surface area contributed by atoms with Gasteiger partial charge in [0.05, 0.1) is 17.1 Å². The maximum absolute atomic E-state index is 10.8. The van der Waals surface area contributed by atoms with Crippen molar-refractivity contribution in [3.05, 3.63) is 94.0 Å². The van der Waals surface area contributed by atoms with Gasteiger partial charge in [-0.2, -0.15) is 0 Å². The number of anilines is 1. The van der Waals surface area contributed by atoms with E-state index in [0.717, 1.165) is 28.1 Å². The number of carbonyl (C=O) groups is 1. The Morgan fingerprint density at radius 1 is 1.04 bits per heavy atom. The van der Waals surface area contributed by atoms with E-state index in [1.165, 1.54) is 0 Å². The molecular formula is C23H22ClNO3. The first-order valence-corrected chi connectivity index (χ1v) is 9.39. The van der Waals surface area contributed by atoms with Gasteiger partial charge >= 0.3 is 5.97 Å². The Hall–Kier alpha value is -2.98. The Morgan fingerprint density at radius 3 is 2.54 bits per heavy atom. The lowest BCUT2D eigenvalue weighted by Crippen LogP contribution is -2.04. The van der Waals surface area contributed by atoms with Crippen LogP contribution < -0.4 is 10.1 Å². The highest BCUT2D eigenvalue weighted by molar-refractivity contribution is 6.33. The van der Waals surface area contributed by atoms with Gasteiger partial charge in [-0.25, -0.2) is 0 Å².